The molecule has 0 radical (unpaired) electrons. The number of methoxy groups -OCH3 is 1. The van der Waals surface area contributed by atoms with E-state index in [2.05, 4.69) is 5.10 Å². The third-order valence-corrected chi connectivity index (χ3v) is 5.90. The number of carboxylic acid groups (broad SMARTS) is 1. The molecule has 0 spiro atoms. The van der Waals surface area contributed by atoms with Gasteiger partial charge in [-0.3, -0.25) is 9.48 Å². The maximum atomic E-state index is 12.6. The Balaban J connectivity index is 2.27. The monoisotopic (exact) mass is 331 g/mol. The average Bonchev–Trinajstić information content (AvgIpc) is 2.92. The van der Waals surface area contributed by atoms with Gasteiger partial charge in [-0.25, -0.2) is 8.42 Å². The lowest BCUT2D eigenvalue weighted by Gasteiger charge is -2.38. The minimum Gasteiger partial charge on any atom is -0.481 e. The van der Waals surface area contributed by atoms with Crippen LogP contribution < -0.4 is 0 Å². The number of ether oxygens (including phenoxy) is 1. The van der Waals surface area contributed by atoms with Crippen molar-refractivity contribution in [1.82, 2.24) is 14.1 Å². The van der Waals surface area contributed by atoms with Crippen LogP contribution in [-0.2, 0) is 26.6 Å². The number of aromatic nitrogens is 2. The van der Waals surface area contributed by atoms with Gasteiger partial charge in [-0.2, -0.15) is 9.40 Å². The van der Waals surface area contributed by atoms with Gasteiger partial charge in [0.15, 0.2) is 0 Å². The molecule has 0 saturated carbocycles. The fraction of sp³-hybridized carbons (Fsp3) is 0.692. The Morgan fingerprint density at radius 1 is 1.55 bits per heavy atom. The van der Waals surface area contributed by atoms with Crippen LogP contribution in [0.5, 0.6) is 0 Å². The lowest BCUT2D eigenvalue weighted by atomic mass is 9.78. The summed E-state index contributed by atoms with van der Waals surface area (Å²) >= 11 is 0. The Hall–Kier alpha value is -1.45. The van der Waals surface area contributed by atoms with E-state index in [0.29, 0.717) is 19.4 Å². The molecule has 1 fully saturated rings. The molecule has 0 aliphatic carbocycles. The Morgan fingerprint density at radius 2 is 2.27 bits per heavy atom. The van der Waals surface area contributed by atoms with Crippen LogP contribution in [0.1, 0.15) is 19.3 Å². The molecule has 1 atom stereocenters. The standard InChI is InChI=1S/C13H21N3O5S/c1-15-9-11(8-14-15)22(19,20)16-6-3-4-13(10-16,12(17)18)5-7-21-2/h8-9H,3-7,10H2,1-2H3,(H,17,18)/t13-/m1/s1. The summed E-state index contributed by atoms with van der Waals surface area (Å²) in [6.07, 6.45) is 3.95. The van der Waals surface area contributed by atoms with Gasteiger partial charge in [-0.1, -0.05) is 0 Å². The largest absolute Gasteiger partial charge is 0.481 e. The summed E-state index contributed by atoms with van der Waals surface area (Å²) in [5.74, 6) is -0.976. The number of sulfonamides is 1. The average molecular weight is 331 g/mol. The van der Waals surface area contributed by atoms with E-state index < -0.39 is 21.4 Å². The summed E-state index contributed by atoms with van der Waals surface area (Å²) in [7, 11) is -0.588. The molecule has 22 heavy (non-hydrogen) atoms. The predicted molar refractivity (Wildman–Crippen MR) is 77.8 cm³/mol. The molecule has 0 aromatic carbocycles. The quantitative estimate of drug-likeness (QED) is 0.805. The highest BCUT2D eigenvalue weighted by molar-refractivity contribution is 7.89. The molecule has 0 bridgehead atoms. The van der Waals surface area contributed by atoms with E-state index >= 15 is 0 Å². The SMILES string of the molecule is COCC[C@]1(C(=O)O)CCCN(S(=O)(=O)c2cnn(C)c2)C1. The Labute approximate surface area is 129 Å². The van der Waals surface area contributed by atoms with Crippen molar-refractivity contribution in [2.45, 2.75) is 24.2 Å². The molecule has 1 aliphatic rings. The van der Waals surface area contributed by atoms with Crippen LogP contribution in [0, 0.1) is 5.41 Å². The number of aliphatic carboxylic acids is 1. The van der Waals surface area contributed by atoms with Gasteiger partial charge in [-0.05, 0) is 19.3 Å². The maximum Gasteiger partial charge on any atom is 0.311 e. The molecule has 8 nitrogen and oxygen atoms in total. The fourth-order valence-corrected chi connectivity index (χ4v) is 4.31. The van der Waals surface area contributed by atoms with Crippen molar-refractivity contribution in [2.24, 2.45) is 12.5 Å². The predicted octanol–water partition coefficient (Wildman–Crippen LogP) is 0.312. The summed E-state index contributed by atoms with van der Waals surface area (Å²) in [5, 5.41) is 13.5. The molecule has 1 aromatic heterocycles. The van der Waals surface area contributed by atoms with Crippen molar-refractivity contribution < 1.29 is 23.1 Å². The molecule has 0 amide bonds. The van der Waals surface area contributed by atoms with E-state index in [1.165, 1.54) is 28.5 Å². The third-order valence-electron chi connectivity index (χ3n) is 4.10. The number of carbonyl (C=O) groups is 1. The summed E-state index contributed by atoms with van der Waals surface area (Å²) in [6.45, 7) is 0.565. The maximum absolute atomic E-state index is 12.6. The topological polar surface area (TPSA) is 102 Å². The molecule has 1 aromatic rings. The van der Waals surface area contributed by atoms with Gasteiger partial charge in [0, 0.05) is 40.1 Å². The van der Waals surface area contributed by atoms with E-state index in [9.17, 15) is 18.3 Å². The zero-order valence-corrected chi connectivity index (χ0v) is 13.5. The van der Waals surface area contributed by atoms with Crippen molar-refractivity contribution in [1.29, 1.82) is 0 Å². The molecule has 9 heteroatoms. The van der Waals surface area contributed by atoms with Crippen molar-refractivity contribution >= 4 is 16.0 Å². The highest BCUT2D eigenvalue weighted by Gasteiger charge is 2.45. The number of rotatable bonds is 6. The van der Waals surface area contributed by atoms with E-state index in [4.69, 9.17) is 4.74 Å². The first-order valence-corrected chi connectivity index (χ1v) is 8.47. The summed E-state index contributed by atoms with van der Waals surface area (Å²) in [4.78, 5) is 11.8. The number of nitrogens with zero attached hydrogens (tertiary/aromatic N) is 3. The fourth-order valence-electron chi connectivity index (χ4n) is 2.76. The molecule has 124 valence electrons. The van der Waals surface area contributed by atoms with Crippen molar-refractivity contribution in [3.05, 3.63) is 12.4 Å². The van der Waals surface area contributed by atoms with Crippen molar-refractivity contribution in [3.63, 3.8) is 0 Å². The number of piperidine rings is 1. The second kappa shape index (κ2) is 6.35. The highest BCUT2D eigenvalue weighted by atomic mass is 32.2. The van der Waals surface area contributed by atoms with Crippen molar-refractivity contribution in [3.8, 4) is 0 Å². The molecular weight excluding hydrogens is 310 g/mol. The Morgan fingerprint density at radius 3 is 2.82 bits per heavy atom. The molecule has 1 saturated heterocycles. The first-order chi connectivity index (χ1) is 10.3. The molecule has 0 unspecified atom stereocenters. The molecular formula is C13H21N3O5S. The van der Waals surface area contributed by atoms with E-state index in [1.807, 2.05) is 0 Å². The van der Waals surface area contributed by atoms with E-state index in [0.717, 1.165) is 0 Å². The van der Waals surface area contributed by atoms with Gasteiger partial charge < -0.3 is 9.84 Å². The van der Waals surface area contributed by atoms with Gasteiger partial charge in [0.1, 0.15) is 4.90 Å². The number of hydrogen-bond acceptors (Lipinski definition) is 5. The summed E-state index contributed by atoms with van der Waals surface area (Å²) in [6, 6.07) is 0. The molecule has 1 N–H and O–H groups in total. The number of aryl methyl sites for hydroxylation is 1. The van der Waals surface area contributed by atoms with Crippen LogP contribution in [0.4, 0.5) is 0 Å². The van der Waals surface area contributed by atoms with Gasteiger partial charge in [-0.15, -0.1) is 0 Å². The lowest BCUT2D eigenvalue weighted by molar-refractivity contribution is -0.152. The summed E-state index contributed by atoms with van der Waals surface area (Å²) in [5.41, 5.74) is -1.09. The van der Waals surface area contributed by atoms with Gasteiger partial charge >= 0.3 is 5.97 Å². The zero-order valence-electron chi connectivity index (χ0n) is 12.7. The number of carboxylic acids is 1. The van der Waals surface area contributed by atoms with Crippen LogP contribution in [0.2, 0.25) is 0 Å². The van der Waals surface area contributed by atoms with Crippen LogP contribution in [0.25, 0.3) is 0 Å². The molecule has 2 heterocycles. The summed E-state index contributed by atoms with van der Waals surface area (Å²) < 4.78 is 32.9. The minimum absolute atomic E-state index is 0.0388. The molecule has 1 aliphatic heterocycles. The van der Waals surface area contributed by atoms with Crippen LogP contribution in [0.3, 0.4) is 0 Å². The highest BCUT2D eigenvalue weighted by Crippen LogP contribution is 2.36. The second-order valence-electron chi connectivity index (χ2n) is 5.62. The van der Waals surface area contributed by atoms with Crippen LogP contribution >= 0.6 is 0 Å². The third kappa shape index (κ3) is 3.16. The van der Waals surface area contributed by atoms with Gasteiger partial charge in [0.05, 0.1) is 11.6 Å². The first kappa shape index (κ1) is 16.9. The van der Waals surface area contributed by atoms with Crippen LogP contribution in [-0.4, -0.2) is 60.4 Å². The van der Waals surface area contributed by atoms with Gasteiger partial charge in [0.2, 0.25) is 10.0 Å². The second-order valence-corrected chi connectivity index (χ2v) is 7.56. The molecule has 2 rings (SSSR count). The van der Waals surface area contributed by atoms with Crippen LogP contribution in [0.15, 0.2) is 17.3 Å². The smallest absolute Gasteiger partial charge is 0.311 e. The number of hydrogen-bond donors (Lipinski definition) is 1. The lowest BCUT2D eigenvalue weighted by Crippen LogP contribution is -2.50. The Kier molecular flexibility index (Phi) is 4.88. The van der Waals surface area contributed by atoms with E-state index in [1.54, 1.807) is 7.05 Å². The van der Waals surface area contributed by atoms with Gasteiger partial charge in [0.25, 0.3) is 0 Å². The van der Waals surface area contributed by atoms with E-state index in [-0.39, 0.29) is 24.5 Å². The first-order valence-electron chi connectivity index (χ1n) is 7.03. The minimum atomic E-state index is -3.72. The normalized spacial score (nSPS) is 23.5. The van der Waals surface area contributed by atoms with Crippen molar-refractivity contribution in [2.75, 3.05) is 26.8 Å². The Bertz CT molecular complexity index is 642. The zero-order chi connectivity index (χ0) is 16.4.